The highest BCUT2D eigenvalue weighted by atomic mass is 16.6. The van der Waals surface area contributed by atoms with E-state index in [1.165, 1.54) is 17.0 Å². The van der Waals surface area contributed by atoms with Gasteiger partial charge in [0.1, 0.15) is 11.6 Å². The number of carbonyl (C=O) groups is 2. The number of hydrogen-bond acceptors (Lipinski definition) is 4. The zero-order chi connectivity index (χ0) is 15.6. The molecule has 1 aromatic rings. The van der Waals surface area contributed by atoms with E-state index < -0.39 is 22.8 Å². The quantitative estimate of drug-likeness (QED) is 0.678. The molecular formula is C14H16N2O5. The van der Waals surface area contributed by atoms with Crippen LogP contribution in [-0.4, -0.2) is 39.4 Å². The smallest absolute Gasteiger partial charge is 0.326 e. The first kappa shape index (κ1) is 15.0. The number of benzene rings is 1. The number of carboxylic acids is 1. The molecule has 7 heteroatoms. The lowest BCUT2D eigenvalue weighted by Crippen LogP contribution is -2.48. The van der Waals surface area contributed by atoms with Crippen molar-refractivity contribution in [3.05, 3.63) is 39.4 Å². The van der Waals surface area contributed by atoms with E-state index in [0.717, 1.165) is 6.42 Å². The topological polar surface area (TPSA) is 101 Å². The van der Waals surface area contributed by atoms with Gasteiger partial charge in [-0.25, -0.2) is 4.79 Å². The third-order valence-electron chi connectivity index (χ3n) is 3.63. The van der Waals surface area contributed by atoms with E-state index >= 15 is 0 Å². The lowest BCUT2D eigenvalue weighted by atomic mass is 10.00. The molecule has 1 amide bonds. The molecule has 0 bridgehead atoms. The van der Waals surface area contributed by atoms with Crippen LogP contribution in [-0.2, 0) is 4.79 Å². The van der Waals surface area contributed by atoms with Gasteiger partial charge in [0, 0.05) is 12.6 Å². The molecule has 1 saturated heterocycles. The molecule has 112 valence electrons. The van der Waals surface area contributed by atoms with Crippen LogP contribution in [0.2, 0.25) is 0 Å². The maximum Gasteiger partial charge on any atom is 0.326 e. The Balaban J connectivity index is 2.40. The zero-order valence-electron chi connectivity index (χ0n) is 11.6. The first-order chi connectivity index (χ1) is 9.91. The molecule has 1 aliphatic heterocycles. The van der Waals surface area contributed by atoms with Crippen molar-refractivity contribution in [3.8, 4) is 0 Å². The highest BCUT2D eigenvalue weighted by molar-refractivity contribution is 6.00. The molecule has 7 nitrogen and oxygen atoms in total. The first-order valence-corrected chi connectivity index (χ1v) is 6.70. The number of aliphatic carboxylic acids is 1. The Kier molecular flexibility index (Phi) is 4.21. The van der Waals surface area contributed by atoms with Gasteiger partial charge < -0.3 is 10.0 Å². The Bertz CT molecular complexity index is 599. The van der Waals surface area contributed by atoms with Gasteiger partial charge in [-0.05, 0) is 37.8 Å². The number of rotatable bonds is 3. The van der Waals surface area contributed by atoms with Crippen molar-refractivity contribution < 1.29 is 19.6 Å². The molecule has 0 spiro atoms. The zero-order valence-corrected chi connectivity index (χ0v) is 11.6. The van der Waals surface area contributed by atoms with Gasteiger partial charge in [0.25, 0.3) is 11.6 Å². The third kappa shape index (κ3) is 3.01. The maximum atomic E-state index is 12.6. The van der Waals surface area contributed by atoms with Crippen LogP contribution < -0.4 is 0 Å². The monoisotopic (exact) mass is 292 g/mol. The predicted octanol–water partition coefficient (Wildman–Crippen LogP) is 1.98. The number of piperidine rings is 1. The van der Waals surface area contributed by atoms with Crippen LogP contribution in [0.25, 0.3) is 0 Å². The van der Waals surface area contributed by atoms with Gasteiger partial charge in [-0.2, -0.15) is 0 Å². The molecule has 0 unspecified atom stereocenters. The highest BCUT2D eigenvalue weighted by Crippen LogP contribution is 2.25. The van der Waals surface area contributed by atoms with Gasteiger partial charge in [0.15, 0.2) is 0 Å². The second-order valence-electron chi connectivity index (χ2n) is 5.13. The van der Waals surface area contributed by atoms with Crippen molar-refractivity contribution >= 4 is 17.6 Å². The average molecular weight is 292 g/mol. The van der Waals surface area contributed by atoms with Crippen LogP contribution in [0.5, 0.6) is 0 Å². The molecule has 0 radical (unpaired) electrons. The highest BCUT2D eigenvalue weighted by Gasteiger charge is 2.35. The summed E-state index contributed by atoms with van der Waals surface area (Å²) in [4.78, 5) is 35.5. The van der Waals surface area contributed by atoms with Crippen molar-refractivity contribution in [2.24, 2.45) is 0 Å². The molecular weight excluding hydrogens is 276 g/mol. The summed E-state index contributed by atoms with van der Waals surface area (Å²) in [6, 6.07) is 3.36. The van der Waals surface area contributed by atoms with Crippen LogP contribution in [0.1, 0.15) is 35.2 Å². The second kappa shape index (κ2) is 5.90. The predicted molar refractivity (Wildman–Crippen MR) is 74.1 cm³/mol. The van der Waals surface area contributed by atoms with Crippen molar-refractivity contribution in [2.75, 3.05) is 6.54 Å². The molecule has 1 aromatic carbocycles. The Hall–Kier alpha value is -2.44. The number of likely N-dealkylation sites (tertiary alicyclic amines) is 1. The fourth-order valence-corrected chi connectivity index (χ4v) is 2.57. The van der Waals surface area contributed by atoms with Crippen molar-refractivity contribution in [1.29, 1.82) is 0 Å². The molecule has 1 atom stereocenters. The lowest BCUT2D eigenvalue weighted by molar-refractivity contribution is -0.385. The second-order valence-corrected chi connectivity index (χ2v) is 5.13. The average Bonchev–Trinajstić information content (AvgIpc) is 2.46. The third-order valence-corrected chi connectivity index (χ3v) is 3.63. The van der Waals surface area contributed by atoms with Gasteiger partial charge in [-0.1, -0.05) is 6.07 Å². The van der Waals surface area contributed by atoms with Crippen LogP contribution in [0.3, 0.4) is 0 Å². The van der Waals surface area contributed by atoms with Crippen molar-refractivity contribution in [1.82, 2.24) is 4.90 Å². The number of nitro benzene ring substituents is 1. The molecule has 21 heavy (non-hydrogen) atoms. The summed E-state index contributed by atoms with van der Waals surface area (Å²) >= 11 is 0. The fourth-order valence-electron chi connectivity index (χ4n) is 2.57. The van der Waals surface area contributed by atoms with E-state index in [4.69, 9.17) is 0 Å². The Morgan fingerprint density at radius 1 is 1.38 bits per heavy atom. The van der Waals surface area contributed by atoms with Crippen LogP contribution in [0.15, 0.2) is 18.2 Å². The molecule has 2 rings (SSSR count). The Morgan fingerprint density at radius 2 is 2.10 bits per heavy atom. The first-order valence-electron chi connectivity index (χ1n) is 6.70. The minimum absolute atomic E-state index is 0.0480. The van der Waals surface area contributed by atoms with Gasteiger partial charge in [-0.15, -0.1) is 0 Å². The van der Waals surface area contributed by atoms with Crippen molar-refractivity contribution in [3.63, 3.8) is 0 Å². The number of nitrogens with zero attached hydrogens (tertiary/aromatic N) is 2. The van der Waals surface area contributed by atoms with Gasteiger partial charge >= 0.3 is 5.97 Å². The molecule has 1 heterocycles. The summed E-state index contributed by atoms with van der Waals surface area (Å²) in [6.45, 7) is 2.03. The van der Waals surface area contributed by atoms with E-state index in [9.17, 15) is 24.8 Å². The number of carboxylic acid groups (broad SMARTS) is 1. The molecule has 1 N–H and O–H groups in total. The largest absolute Gasteiger partial charge is 0.480 e. The number of hydrogen-bond donors (Lipinski definition) is 1. The van der Waals surface area contributed by atoms with Crippen LogP contribution in [0.4, 0.5) is 5.69 Å². The summed E-state index contributed by atoms with van der Waals surface area (Å²) < 4.78 is 0. The van der Waals surface area contributed by atoms with E-state index in [2.05, 4.69) is 0 Å². The maximum absolute atomic E-state index is 12.6. The van der Waals surface area contributed by atoms with Gasteiger partial charge in [0.05, 0.1) is 4.92 Å². The molecule has 1 fully saturated rings. The van der Waals surface area contributed by atoms with Crippen LogP contribution >= 0.6 is 0 Å². The van der Waals surface area contributed by atoms with E-state index in [1.54, 1.807) is 13.0 Å². The normalized spacial score (nSPS) is 18.3. The summed E-state index contributed by atoms with van der Waals surface area (Å²) in [6.07, 6.45) is 1.81. The number of nitro groups is 1. The van der Waals surface area contributed by atoms with Gasteiger partial charge in [-0.3, -0.25) is 14.9 Å². The minimum atomic E-state index is -1.07. The van der Waals surface area contributed by atoms with E-state index in [1.807, 2.05) is 0 Å². The minimum Gasteiger partial charge on any atom is -0.480 e. The summed E-state index contributed by atoms with van der Waals surface area (Å²) in [5, 5.41) is 20.3. The summed E-state index contributed by atoms with van der Waals surface area (Å²) in [5.74, 6) is -1.66. The van der Waals surface area contributed by atoms with Crippen LogP contribution in [0, 0.1) is 17.0 Å². The summed E-state index contributed by atoms with van der Waals surface area (Å²) in [7, 11) is 0. The molecule has 0 saturated carbocycles. The molecule has 1 aliphatic rings. The number of amides is 1. The number of aryl methyl sites for hydroxylation is 1. The SMILES string of the molecule is Cc1ccc([N+](=O)[O-])c(C(=O)N2CCCC[C@@H]2C(=O)O)c1. The fraction of sp³-hybridized carbons (Fsp3) is 0.429. The Morgan fingerprint density at radius 3 is 2.71 bits per heavy atom. The molecule has 0 aromatic heterocycles. The standard InChI is InChI=1S/C14H16N2O5/c1-9-5-6-11(16(20)21)10(8-9)13(17)15-7-3-2-4-12(15)14(18)19/h5-6,8,12H,2-4,7H2,1H3,(H,18,19)/t12-/m1/s1. The molecule has 0 aliphatic carbocycles. The van der Waals surface area contributed by atoms with Gasteiger partial charge in [0.2, 0.25) is 0 Å². The van der Waals surface area contributed by atoms with E-state index in [-0.39, 0.29) is 11.3 Å². The lowest BCUT2D eigenvalue weighted by Gasteiger charge is -2.32. The Labute approximate surface area is 121 Å². The van der Waals surface area contributed by atoms with Crippen molar-refractivity contribution in [2.45, 2.75) is 32.2 Å². The summed E-state index contributed by atoms with van der Waals surface area (Å²) in [5.41, 5.74) is 0.376. The van der Waals surface area contributed by atoms with E-state index in [0.29, 0.717) is 24.9 Å². The number of carbonyl (C=O) groups excluding carboxylic acids is 1.